The highest BCUT2D eigenvalue weighted by atomic mass is 79.9. The van der Waals surface area contributed by atoms with E-state index in [-0.39, 0.29) is 0 Å². The van der Waals surface area contributed by atoms with Gasteiger partial charge in [0.25, 0.3) is 0 Å². The second kappa shape index (κ2) is 3.24. The van der Waals surface area contributed by atoms with Crippen molar-refractivity contribution < 1.29 is 5.11 Å². The van der Waals surface area contributed by atoms with Crippen molar-refractivity contribution in [2.24, 2.45) is 0 Å². The zero-order valence-electron chi connectivity index (χ0n) is 8.69. The third kappa shape index (κ3) is 1.74. The number of fused-ring (bicyclic) bond motifs is 1. The summed E-state index contributed by atoms with van der Waals surface area (Å²) in [5.74, 6) is 1.12. The monoisotopic (exact) mass is 270 g/mol. The van der Waals surface area contributed by atoms with Gasteiger partial charge in [0, 0.05) is 6.20 Å². The Labute approximate surface area is 95.3 Å². The van der Waals surface area contributed by atoms with E-state index in [0.29, 0.717) is 17.3 Å². The van der Waals surface area contributed by atoms with E-state index in [1.165, 1.54) is 0 Å². The molecule has 0 aliphatic heterocycles. The van der Waals surface area contributed by atoms with Gasteiger partial charge in [0.15, 0.2) is 11.5 Å². The van der Waals surface area contributed by atoms with Crippen LogP contribution in [0, 0.1) is 6.92 Å². The van der Waals surface area contributed by atoms with Gasteiger partial charge in [-0.25, -0.2) is 9.97 Å². The molecule has 2 aromatic rings. The molecule has 0 aromatic carbocycles. The van der Waals surface area contributed by atoms with Gasteiger partial charge in [-0.3, -0.25) is 0 Å². The minimum atomic E-state index is -1.04. The number of hydrogen-bond donors (Lipinski definition) is 1. The maximum Gasteiger partial charge on any atom is 0.173 e. The average Bonchev–Trinajstić information content (AvgIpc) is 2.45. The van der Waals surface area contributed by atoms with Gasteiger partial charge in [0.05, 0.1) is 4.47 Å². The molecular formula is C9H11BrN4O. The molecule has 2 rings (SSSR count). The SMILES string of the molecule is Cc1nc2c(Br)cnc(C(C)(C)O)n2n1. The van der Waals surface area contributed by atoms with Crippen molar-refractivity contribution in [3.8, 4) is 0 Å². The van der Waals surface area contributed by atoms with E-state index in [4.69, 9.17) is 0 Å². The Balaban J connectivity index is 2.83. The molecule has 0 atom stereocenters. The van der Waals surface area contributed by atoms with E-state index in [9.17, 15) is 5.11 Å². The van der Waals surface area contributed by atoms with Crippen LogP contribution >= 0.6 is 15.9 Å². The Kier molecular flexibility index (Phi) is 2.27. The second-order valence-corrected chi connectivity index (χ2v) is 4.74. The second-order valence-electron chi connectivity index (χ2n) is 3.88. The van der Waals surface area contributed by atoms with E-state index in [1.807, 2.05) is 0 Å². The first-order chi connectivity index (χ1) is 6.89. The maximum atomic E-state index is 9.92. The number of rotatable bonds is 1. The van der Waals surface area contributed by atoms with Crippen LogP contribution in [0.2, 0.25) is 0 Å². The fourth-order valence-corrected chi connectivity index (χ4v) is 1.72. The molecule has 1 N–H and O–H groups in total. The van der Waals surface area contributed by atoms with Crippen LogP contribution in [0.4, 0.5) is 0 Å². The van der Waals surface area contributed by atoms with Crippen LogP contribution in [0.15, 0.2) is 10.7 Å². The van der Waals surface area contributed by atoms with Crippen LogP contribution in [0.5, 0.6) is 0 Å². The molecule has 0 spiro atoms. The Morgan fingerprint density at radius 2 is 2.13 bits per heavy atom. The molecule has 2 heterocycles. The Morgan fingerprint density at radius 1 is 1.47 bits per heavy atom. The molecule has 6 heteroatoms. The largest absolute Gasteiger partial charge is 0.382 e. The third-order valence-corrected chi connectivity index (χ3v) is 2.53. The van der Waals surface area contributed by atoms with E-state index >= 15 is 0 Å². The molecule has 0 amide bonds. The highest BCUT2D eigenvalue weighted by molar-refractivity contribution is 9.10. The summed E-state index contributed by atoms with van der Waals surface area (Å²) in [5.41, 5.74) is -0.376. The molecule has 0 aliphatic carbocycles. The van der Waals surface area contributed by atoms with E-state index in [1.54, 1.807) is 31.5 Å². The fourth-order valence-electron chi connectivity index (χ4n) is 1.36. The Morgan fingerprint density at radius 3 is 2.73 bits per heavy atom. The number of aliphatic hydroxyl groups is 1. The van der Waals surface area contributed by atoms with Crippen LogP contribution in [-0.4, -0.2) is 24.7 Å². The molecule has 0 aliphatic rings. The van der Waals surface area contributed by atoms with E-state index in [0.717, 1.165) is 4.47 Å². The van der Waals surface area contributed by atoms with Gasteiger partial charge in [-0.05, 0) is 36.7 Å². The quantitative estimate of drug-likeness (QED) is 0.852. The first-order valence-corrected chi connectivity index (χ1v) is 5.29. The molecule has 80 valence electrons. The lowest BCUT2D eigenvalue weighted by Gasteiger charge is -2.16. The molecule has 5 nitrogen and oxygen atoms in total. The third-order valence-electron chi connectivity index (χ3n) is 1.97. The minimum absolute atomic E-state index is 0.473. The predicted octanol–water partition coefficient (Wildman–Crippen LogP) is 1.42. The number of aromatic nitrogens is 4. The number of nitrogens with zero attached hydrogens (tertiary/aromatic N) is 4. The summed E-state index contributed by atoms with van der Waals surface area (Å²) in [5, 5.41) is 14.1. The molecular weight excluding hydrogens is 260 g/mol. The zero-order chi connectivity index (χ0) is 11.2. The molecule has 15 heavy (non-hydrogen) atoms. The lowest BCUT2D eigenvalue weighted by Crippen LogP contribution is -2.22. The summed E-state index contributed by atoms with van der Waals surface area (Å²) >= 11 is 3.34. The summed E-state index contributed by atoms with van der Waals surface area (Å²) in [6.45, 7) is 5.13. The van der Waals surface area contributed by atoms with Crippen LogP contribution < -0.4 is 0 Å². The topological polar surface area (TPSA) is 63.3 Å². The highest BCUT2D eigenvalue weighted by Gasteiger charge is 2.23. The predicted molar refractivity (Wildman–Crippen MR) is 58.5 cm³/mol. The maximum absolute atomic E-state index is 9.92. The lowest BCUT2D eigenvalue weighted by atomic mass is 10.1. The molecule has 0 bridgehead atoms. The van der Waals surface area contributed by atoms with Crippen molar-refractivity contribution in [2.45, 2.75) is 26.4 Å². The van der Waals surface area contributed by atoms with Crippen LogP contribution in [0.1, 0.15) is 25.5 Å². The summed E-state index contributed by atoms with van der Waals surface area (Å²) in [6, 6.07) is 0. The fraction of sp³-hybridized carbons (Fsp3) is 0.444. The smallest absolute Gasteiger partial charge is 0.173 e. The Bertz CT molecular complexity index is 515. The minimum Gasteiger partial charge on any atom is -0.382 e. The molecule has 0 saturated carbocycles. The molecule has 0 radical (unpaired) electrons. The van der Waals surface area contributed by atoms with Crippen molar-refractivity contribution in [2.75, 3.05) is 0 Å². The van der Waals surface area contributed by atoms with Crippen molar-refractivity contribution in [1.29, 1.82) is 0 Å². The van der Waals surface area contributed by atoms with Crippen molar-refractivity contribution in [3.63, 3.8) is 0 Å². The van der Waals surface area contributed by atoms with Crippen molar-refractivity contribution in [3.05, 3.63) is 22.3 Å². The van der Waals surface area contributed by atoms with Gasteiger partial charge in [-0.2, -0.15) is 4.52 Å². The van der Waals surface area contributed by atoms with Crippen molar-refractivity contribution >= 4 is 21.6 Å². The van der Waals surface area contributed by atoms with Crippen LogP contribution in [0.25, 0.3) is 5.65 Å². The van der Waals surface area contributed by atoms with Gasteiger partial charge in [-0.1, -0.05) is 0 Å². The van der Waals surface area contributed by atoms with Crippen LogP contribution in [-0.2, 0) is 5.60 Å². The highest BCUT2D eigenvalue weighted by Crippen LogP contribution is 2.22. The first kappa shape index (κ1) is 10.5. The van der Waals surface area contributed by atoms with Gasteiger partial charge >= 0.3 is 0 Å². The van der Waals surface area contributed by atoms with Gasteiger partial charge < -0.3 is 5.11 Å². The summed E-state index contributed by atoms with van der Waals surface area (Å²) in [6.07, 6.45) is 1.62. The number of hydrogen-bond acceptors (Lipinski definition) is 4. The average molecular weight is 271 g/mol. The molecule has 0 unspecified atom stereocenters. The molecule has 2 aromatic heterocycles. The Hall–Kier alpha value is -1.01. The van der Waals surface area contributed by atoms with E-state index in [2.05, 4.69) is 31.0 Å². The number of halogens is 1. The first-order valence-electron chi connectivity index (χ1n) is 4.50. The lowest BCUT2D eigenvalue weighted by molar-refractivity contribution is 0.0660. The molecule has 0 saturated heterocycles. The summed E-state index contributed by atoms with van der Waals surface area (Å²) in [7, 11) is 0. The standard InChI is InChI=1S/C9H11BrN4O/c1-5-12-7-6(10)4-11-8(9(2,3)15)14(7)13-5/h4,15H,1-3H3. The molecule has 0 fully saturated rings. The summed E-state index contributed by atoms with van der Waals surface area (Å²) in [4.78, 5) is 8.40. The van der Waals surface area contributed by atoms with Crippen molar-refractivity contribution in [1.82, 2.24) is 19.6 Å². The van der Waals surface area contributed by atoms with Crippen LogP contribution in [0.3, 0.4) is 0 Å². The van der Waals surface area contributed by atoms with Gasteiger partial charge in [0.1, 0.15) is 11.4 Å². The summed E-state index contributed by atoms with van der Waals surface area (Å²) < 4.78 is 2.32. The van der Waals surface area contributed by atoms with Gasteiger partial charge in [-0.15, -0.1) is 5.10 Å². The normalized spacial score (nSPS) is 12.3. The zero-order valence-corrected chi connectivity index (χ0v) is 10.3. The number of aryl methyl sites for hydroxylation is 1. The van der Waals surface area contributed by atoms with E-state index < -0.39 is 5.60 Å². The van der Waals surface area contributed by atoms with Gasteiger partial charge in [0.2, 0.25) is 0 Å².